The summed E-state index contributed by atoms with van der Waals surface area (Å²) in [5.41, 5.74) is 59.8. The molecule has 6 aliphatic rings. The largest absolute Gasteiger partial charge is 0.103 e. The van der Waals surface area contributed by atoms with Gasteiger partial charge in [-0.15, -0.1) is 39.5 Å². The molecule has 0 amide bonds. The van der Waals surface area contributed by atoms with Crippen molar-refractivity contribution in [1.29, 1.82) is 0 Å². The van der Waals surface area contributed by atoms with E-state index in [2.05, 4.69) is 454 Å². The Balaban J connectivity index is 0.000000153. The van der Waals surface area contributed by atoms with Crippen LogP contribution in [0.1, 0.15) is 447 Å². The average Bonchev–Trinajstić information content (AvgIpc) is 1.52. The molecule has 0 aliphatic heterocycles. The zero-order valence-corrected chi connectivity index (χ0v) is 92.6. The number of allylic oxidation sites excluding steroid dienone is 18. The third kappa shape index (κ3) is 17.3. The van der Waals surface area contributed by atoms with Crippen LogP contribution in [0.25, 0.3) is 99.2 Å². The van der Waals surface area contributed by atoms with Crippen molar-refractivity contribution in [2.45, 2.75) is 324 Å². The minimum absolute atomic E-state index is 0.0413. The zero-order chi connectivity index (χ0) is 103. The summed E-state index contributed by atoms with van der Waals surface area (Å²) in [5.74, 6) is 4.31. The van der Waals surface area contributed by atoms with Gasteiger partial charge in [0.05, 0.1) is 0 Å². The standard InChI is InChI=1S/C48H56.2C47H54/c1-14-17-31-21-22-35(38(25-31)29(5)6)45-43-37-24-23-33(28(3)4)34-19-16-20-36(41(34)37)44(43)46(48(45,12)13)42-39(30(7)8)26-32(18-15-2)27-40(42)47(9,10)11;1-13-17-31-23-36(27(3)4)41(37(24-31)28(5)6)45-43-34-21-15-19-33-20-16-22-35(40(33)34)44(43)46(47(45,11)12)42-38(29(7)8)25-32(18-14-2)26-39(42)30(9)10;1-13-17-31-23-25-34(27(3)4)41(38(31)29(7)8)45-43-36-21-15-19-33-20-16-22-37(40(33)36)44(43)46(47(45,11)12)42-35(28(5)6)26-24-32(18-14-2)39(42)30(9)10/h14-16,19-30H,1-2,17-18H2,3-13H3;2*13-16,19-30H,1-2,17-18H2,3-12H3. The van der Waals surface area contributed by atoms with Gasteiger partial charge in [0.25, 0.3) is 0 Å². The van der Waals surface area contributed by atoms with Crippen LogP contribution in [0.2, 0.25) is 0 Å². The van der Waals surface area contributed by atoms with Crippen molar-refractivity contribution >= 4 is 99.2 Å². The quantitative estimate of drug-likeness (QED) is 0.0410. The van der Waals surface area contributed by atoms with Crippen molar-refractivity contribution in [2.75, 3.05) is 0 Å². The first kappa shape index (κ1) is 103. The summed E-state index contributed by atoms with van der Waals surface area (Å²) in [6.07, 6.45) is 17.6. The topological polar surface area (TPSA) is 0 Å². The highest BCUT2D eigenvalue weighted by Crippen LogP contribution is 2.72. The predicted octanol–water partition coefficient (Wildman–Crippen LogP) is 41.2. The number of hydrogen-bond donors (Lipinski definition) is 0. The highest BCUT2D eigenvalue weighted by Gasteiger charge is 2.53. The summed E-state index contributed by atoms with van der Waals surface area (Å²) in [6, 6.07) is 71.5. The highest BCUT2D eigenvalue weighted by atomic mass is 14.6. The second kappa shape index (κ2) is 39.8. The normalized spacial score (nSPS) is 15.3. The van der Waals surface area contributed by atoms with E-state index in [1.807, 2.05) is 18.2 Å². The first-order valence-corrected chi connectivity index (χ1v) is 54.1. The van der Waals surface area contributed by atoms with E-state index in [4.69, 9.17) is 0 Å². The molecule has 142 heavy (non-hydrogen) atoms. The number of rotatable bonds is 29. The molecule has 0 heteroatoms. The molecule has 0 aromatic heterocycles. The second-order valence-electron chi connectivity index (χ2n) is 48.2. The molecule has 0 radical (unpaired) electrons. The summed E-state index contributed by atoms with van der Waals surface area (Å²) >= 11 is 0. The molecule has 18 rings (SSSR count). The lowest BCUT2D eigenvalue weighted by Crippen LogP contribution is -2.22. The van der Waals surface area contributed by atoms with Crippen LogP contribution in [0, 0.1) is 16.2 Å². The summed E-state index contributed by atoms with van der Waals surface area (Å²) < 4.78 is 0. The SMILES string of the molecule is C=CCc1cc(C(C)C)c(C2=C3C(=C(c4c(C(C)C)cc(CC=C)cc4C(C)C)C2(C)C)c2cccc4cccc3c24)c(C(C)C)c1.C=CCc1ccc(C(C)C)c(C2=C3C(=C(c4c(C(C)C)ccc(CC=C)c4C(C)C)C2(C)C)c2cccc4cccc3c24)c1C(C)C.C=CCc1ccc(C2=C3C(=C(c4c(C(C)C)cc(CC=C)cc4C(C)(C)C)C2(C)C)c2cccc4c(C(C)C)ccc3c24)c(C(C)C)c1. The lowest BCUT2D eigenvalue weighted by Gasteiger charge is -2.36. The third-order valence-corrected chi connectivity index (χ3v) is 32.4. The van der Waals surface area contributed by atoms with E-state index < -0.39 is 0 Å². The molecule has 12 aromatic carbocycles. The van der Waals surface area contributed by atoms with E-state index >= 15 is 0 Å². The van der Waals surface area contributed by atoms with E-state index in [-0.39, 0.29) is 21.7 Å². The van der Waals surface area contributed by atoms with Crippen LogP contribution in [0.4, 0.5) is 0 Å². The molecule has 0 N–H and O–H groups in total. The van der Waals surface area contributed by atoms with Crippen LogP contribution < -0.4 is 0 Å². The van der Waals surface area contributed by atoms with Crippen molar-refractivity contribution < 1.29 is 0 Å². The number of hydrogen-bond acceptors (Lipinski definition) is 0. The van der Waals surface area contributed by atoms with Crippen molar-refractivity contribution in [1.82, 2.24) is 0 Å². The summed E-state index contributed by atoms with van der Waals surface area (Å²) in [4.78, 5) is 0. The van der Waals surface area contributed by atoms with Crippen LogP contribution in [-0.4, -0.2) is 0 Å². The Kier molecular flexibility index (Phi) is 28.9. The molecule has 732 valence electrons. The van der Waals surface area contributed by atoms with Crippen molar-refractivity contribution in [3.05, 3.63) is 425 Å². The molecule has 0 spiro atoms. The first-order chi connectivity index (χ1) is 67.3. The van der Waals surface area contributed by atoms with Crippen molar-refractivity contribution in [3.63, 3.8) is 0 Å². The molecule has 6 aliphatic carbocycles. The molecule has 0 nitrogen and oxygen atoms in total. The molecule has 0 bridgehead atoms. The molecule has 0 heterocycles. The third-order valence-electron chi connectivity index (χ3n) is 32.4. The zero-order valence-electron chi connectivity index (χ0n) is 92.6. The maximum Gasteiger partial charge on any atom is 0.0171 e. The van der Waals surface area contributed by atoms with Gasteiger partial charge >= 0.3 is 0 Å². The van der Waals surface area contributed by atoms with Gasteiger partial charge < -0.3 is 0 Å². The molecule has 12 aromatic rings. The Bertz CT molecular complexity index is 7030. The summed E-state index contributed by atoms with van der Waals surface area (Å²) in [7, 11) is 0. The van der Waals surface area contributed by atoms with Crippen molar-refractivity contribution in [2.24, 2.45) is 16.2 Å². The maximum atomic E-state index is 4.18. The minimum atomic E-state index is -0.249. The van der Waals surface area contributed by atoms with E-state index in [1.54, 1.807) is 0 Å². The average molecular weight is 1870 g/mol. The van der Waals surface area contributed by atoms with Crippen LogP contribution in [0.3, 0.4) is 0 Å². The fourth-order valence-electron chi connectivity index (χ4n) is 26.4. The van der Waals surface area contributed by atoms with Gasteiger partial charge in [-0.25, -0.2) is 0 Å². The van der Waals surface area contributed by atoms with Gasteiger partial charge in [0, 0.05) is 16.2 Å². The Morgan fingerprint density at radius 2 is 0.500 bits per heavy atom. The van der Waals surface area contributed by atoms with E-state index in [1.165, 1.54) is 266 Å². The molecule has 0 unspecified atom stereocenters. The molecular formula is C142H164. The predicted molar refractivity (Wildman–Crippen MR) is 630 cm³/mol. The molecule has 0 saturated carbocycles. The maximum absolute atomic E-state index is 4.18. The smallest absolute Gasteiger partial charge is 0.0171 e. The Labute approximate surface area is 857 Å². The molecular weight excluding hydrogens is 1710 g/mol. The van der Waals surface area contributed by atoms with E-state index in [0.717, 1.165) is 38.5 Å². The van der Waals surface area contributed by atoms with Crippen molar-refractivity contribution in [3.8, 4) is 0 Å². The summed E-state index contributed by atoms with van der Waals surface area (Å²) in [5, 5.41) is 8.30. The fraction of sp³-hybridized carbons (Fsp3) is 0.366. The van der Waals surface area contributed by atoms with Crippen LogP contribution >= 0.6 is 0 Å². The monoisotopic (exact) mass is 1870 g/mol. The Morgan fingerprint density at radius 1 is 0.232 bits per heavy atom. The number of fused-ring (bicyclic) bond motifs is 9. The van der Waals surface area contributed by atoms with Gasteiger partial charge in [-0.2, -0.15) is 0 Å². The van der Waals surface area contributed by atoms with E-state index in [9.17, 15) is 0 Å². The molecule has 0 fully saturated rings. The number of benzene rings is 12. The Hall–Kier alpha value is -11.7. The van der Waals surface area contributed by atoms with Gasteiger partial charge in [-0.05, 0) is 375 Å². The van der Waals surface area contributed by atoms with Crippen LogP contribution in [0.5, 0.6) is 0 Å². The lowest BCUT2D eigenvalue weighted by molar-refractivity contribution is 0.581. The second-order valence-corrected chi connectivity index (χ2v) is 48.2. The van der Waals surface area contributed by atoms with Gasteiger partial charge in [0.1, 0.15) is 0 Å². The van der Waals surface area contributed by atoms with E-state index in [0.29, 0.717) is 65.1 Å². The fourth-order valence-corrected chi connectivity index (χ4v) is 26.4. The van der Waals surface area contributed by atoms with Gasteiger partial charge in [-0.1, -0.05) is 433 Å². The minimum Gasteiger partial charge on any atom is -0.103 e. The van der Waals surface area contributed by atoms with Gasteiger partial charge in [-0.3, -0.25) is 0 Å². The Morgan fingerprint density at radius 3 is 0.831 bits per heavy atom. The lowest BCUT2D eigenvalue weighted by atomic mass is 9.67. The molecule has 0 saturated heterocycles. The highest BCUT2D eigenvalue weighted by molar-refractivity contribution is 6.41. The van der Waals surface area contributed by atoms with Crippen LogP contribution in [-0.2, 0) is 43.9 Å². The van der Waals surface area contributed by atoms with Gasteiger partial charge in [0.2, 0.25) is 0 Å². The van der Waals surface area contributed by atoms with Crippen LogP contribution in [0.15, 0.2) is 258 Å². The van der Waals surface area contributed by atoms with Gasteiger partial charge in [0.15, 0.2) is 0 Å². The molecule has 0 atom stereocenters. The summed E-state index contributed by atoms with van der Waals surface area (Å²) in [6.45, 7) is 99.1. The first-order valence-electron chi connectivity index (χ1n) is 54.1.